The molecule has 176 valence electrons. The first-order chi connectivity index (χ1) is 16.1. The van der Waals surface area contributed by atoms with Crippen LogP contribution in [-0.2, 0) is 9.47 Å². The van der Waals surface area contributed by atoms with Gasteiger partial charge in [0.25, 0.3) is 0 Å². The maximum Gasteiger partial charge on any atom is 0.509 e. The summed E-state index contributed by atoms with van der Waals surface area (Å²) in [5.41, 5.74) is 2.58. The molecule has 0 saturated carbocycles. The number of ether oxygens (including phenoxy) is 2. The van der Waals surface area contributed by atoms with Gasteiger partial charge in [-0.2, -0.15) is 0 Å². The normalized spacial score (nSPS) is 12.6. The number of methoxy groups -OCH3 is 1. The van der Waals surface area contributed by atoms with Crippen LogP contribution in [0.1, 0.15) is 33.0 Å². The summed E-state index contributed by atoms with van der Waals surface area (Å²) in [6.07, 6.45) is -0.831. The molecule has 1 aliphatic carbocycles. The number of benzene rings is 3. The smallest absolute Gasteiger partial charge is 0.465 e. The number of anilines is 1. The van der Waals surface area contributed by atoms with E-state index in [1.165, 1.54) is 20.0 Å². The van der Waals surface area contributed by atoms with Crippen LogP contribution in [0.15, 0.2) is 60.7 Å². The third-order valence-electron chi connectivity index (χ3n) is 6.19. The fraction of sp³-hybridized carbons (Fsp3) is 0.200. The molecule has 4 rings (SSSR count). The number of hydrogen-bond donors (Lipinski definition) is 0. The summed E-state index contributed by atoms with van der Waals surface area (Å²) in [6.45, 7) is -4.20. The topological polar surface area (TPSA) is 55.8 Å². The van der Waals surface area contributed by atoms with Crippen LogP contribution in [-0.4, -0.2) is 39.8 Å². The molecule has 1 amide bonds. The molecule has 0 heterocycles. The van der Waals surface area contributed by atoms with Crippen LogP contribution in [0, 0.1) is 6.92 Å². The van der Waals surface area contributed by atoms with Crippen LogP contribution >= 0.6 is 0 Å². The zero-order valence-electron chi connectivity index (χ0n) is 18.8. The van der Waals surface area contributed by atoms with Gasteiger partial charge in [0.2, 0.25) is 0 Å². The lowest BCUT2D eigenvalue weighted by Crippen LogP contribution is -2.39. The van der Waals surface area contributed by atoms with E-state index in [4.69, 9.17) is 4.74 Å². The van der Waals surface area contributed by atoms with Crippen molar-refractivity contribution >= 4 is 30.2 Å². The fourth-order valence-electron chi connectivity index (χ4n) is 4.37. The summed E-state index contributed by atoms with van der Waals surface area (Å²) in [4.78, 5) is 25.9. The lowest BCUT2D eigenvalue weighted by atomic mass is 9.75. The highest BCUT2D eigenvalue weighted by Gasteiger charge is 2.32. The number of hydrogen-bond acceptors (Lipinski definition) is 4. The van der Waals surface area contributed by atoms with Gasteiger partial charge in [0.05, 0.1) is 12.7 Å². The maximum absolute atomic E-state index is 13.7. The second-order valence-electron chi connectivity index (χ2n) is 8.14. The molecule has 3 aromatic rings. The van der Waals surface area contributed by atoms with Crippen LogP contribution in [0.3, 0.4) is 0 Å². The number of halogens is 3. The van der Waals surface area contributed by atoms with Crippen molar-refractivity contribution in [2.45, 2.75) is 12.8 Å². The van der Waals surface area contributed by atoms with Crippen LogP contribution in [0.25, 0.3) is 11.1 Å². The summed E-state index contributed by atoms with van der Waals surface area (Å²) in [7, 11) is 2.39. The van der Waals surface area contributed by atoms with E-state index < -0.39 is 24.5 Å². The van der Waals surface area contributed by atoms with Gasteiger partial charge in [0, 0.05) is 18.7 Å². The van der Waals surface area contributed by atoms with Gasteiger partial charge in [-0.05, 0) is 35.2 Å². The molecule has 0 fully saturated rings. The van der Waals surface area contributed by atoms with Gasteiger partial charge >= 0.3 is 19.0 Å². The molecule has 0 unspecified atom stereocenters. The third-order valence-corrected chi connectivity index (χ3v) is 6.19. The molecule has 0 bridgehead atoms. The highest BCUT2D eigenvalue weighted by atomic mass is 19.4. The summed E-state index contributed by atoms with van der Waals surface area (Å²) < 4.78 is 51.1. The van der Waals surface area contributed by atoms with E-state index in [1.54, 1.807) is 0 Å². The Morgan fingerprint density at radius 2 is 1.53 bits per heavy atom. The predicted molar refractivity (Wildman–Crippen MR) is 125 cm³/mol. The molecule has 0 aliphatic heterocycles. The van der Waals surface area contributed by atoms with Gasteiger partial charge in [0.1, 0.15) is 6.61 Å². The van der Waals surface area contributed by atoms with E-state index >= 15 is 0 Å². The number of esters is 1. The largest absolute Gasteiger partial charge is 0.509 e. The average Bonchev–Trinajstić information content (AvgIpc) is 3.14. The zero-order chi connectivity index (χ0) is 24.6. The summed E-state index contributed by atoms with van der Waals surface area (Å²) in [6, 6.07) is 17.7. The Morgan fingerprint density at radius 3 is 2.06 bits per heavy atom. The number of carbonyl (C=O) groups excluding carboxylic acids is 2. The van der Waals surface area contributed by atoms with Crippen LogP contribution in [0.4, 0.5) is 23.4 Å². The second kappa shape index (κ2) is 8.89. The Labute approximate surface area is 195 Å². The van der Waals surface area contributed by atoms with E-state index in [0.29, 0.717) is 0 Å². The minimum atomic E-state index is -5.42. The van der Waals surface area contributed by atoms with Crippen molar-refractivity contribution < 1.29 is 32.0 Å². The van der Waals surface area contributed by atoms with Crippen molar-refractivity contribution in [1.29, 1.82) is 0 Å². The van der Waals surface area contributed by atoms with Gasteiger partial charge in [-0.15, -0.1) is 5.46 Å². The Bertz CT molecular complexity index is 1230. The summed E-state index contributed by atoms with van der Waals surface area (Å²) in [5, 5.41) is 0. The maximum atomic E-state index is 13.7. The lowest BCUT2D eigenvalue weighted by Gasteiger charge is -2.25. The van der Waals surface area contributed by atoms with Gasteiger partial charge in [-0.25, -0.2) is 9.59 Å². The van der Waals surface area contributed by atoms with Crippen molar-refractivity contribution in [3.05, 3.63) is 82.9 Å². The summed E-state index contributed by atoms with van der Waals surface area (Å²) >= 11 is 0. The number of nitrogens with zero attached hydrogens (tertiary/aromatic N) is 1. The highest BCUT2D eigenvalue weighted by molar-refractivity contribution is 6.74. The summed E-state index contributed by atoms with van der Waals surface area (Å²) in [5.74, 6) is -1.11. The number of amides is 1. The van der Waals surface area contributed by atoms with Gasteiger partial charge in [-0.3, -0.25) is 4.90 Å². The minimum absolute atomic E-state index is 0.0169. The van der Waals surface area contributed by atoms with Crippen LogP contribution in [0.2, 0.25) is 0 Å². The molecule has 0 atom stereocenters. The number of fused-ring (bicyclic) bond motifs is 3. The van der Waals surface area contributed by atoms with Crippen molar-refractivity contribution in [2.24, 2.45) is 0 Å². The molecule has 0 aromatic heterocycles. The molecule has 1 aliphatic rings. The third kappa shape index (κ3) is 4.13. The first-order valence-corrected chi connectivity index (χ1v) is 10.6. The Hall–Kier alpha value is -3.75. The Morgan fingerprint density at radius 1 is 0.971 bits per heavy atom. The highest BCUT2D eigenvalue weighted by Crippen LogP contribution is 2.44. The van der Waals surface area contributed by atoms with Gasteiger partial charge < -0.3 is 22.4 Å². The van der Waals surface area contributed by atoms with Gasteiger partial charge in [0.15, 0.2) is 0 Å². The molecule has 0 N–H and O–H groups in total. The van der Waals surface area contributed by atoms with E-state index in [9.17, 15) is 22.5 Å². The molecule has 3 aromatic carbocycles. The van der Waals surface area contributed by atoms with Crippen molar-refractivity contribution in [3.63, 3.8) is 0 Å². The van der Waals surface area contributed by atoms with Crippen LogP contribution in [0.5, 0.6) is 0 Å². The Balaban J connectivity index is 1.60. The molecule has 0 spiro atoms. The standard InChI is InChI=1S/C25H22BF3NO4/c1-15-21(24(31)33-3)12-16(13-23(15)26(27,28)29)30(2)25(32)34-14-22-19-10-6-4-8-17(19)18-9-5-7-11-20(18)22/h4-13,22H,14H2,1-3H3/q-1. The zero-order valence-corrected chi connectivity index (χ0v) is 18.8. The van der Waals surface area contributed by atoms with E-state index in [1.807, 2.05) is 48.5 Å². The Kier molecular flexibility index (Phi) is 6.12. The van der Waals surface area contributed by atoms with Crippen molar-refractivity contribution in [1.82, 2.24) is 0 Å². The predicted octanol–water partition coefficient (Wildman–Crippen LogP) is 5.22. The first-order valence-electron chi connectivity index (χ1n) is 10.6. The molecule has 9 heteroatoms. The molecular formula is C25H22BF3NO4-. The molecule has 5 nitrogen and oxygen atoms in total. The molecule has 0 radical (unpaired) electrons. The molecular weight excluding hydrogens is 446 g/mol. The van der Waals surface area contributed by atoms with Gasteiger partial charge in [-0.1, -0.05) is 60.2 Å². The molecule has 0 saturated heterocycles. The van der Waals surface area contributed by atoms with E-state index in [2.05, 4.69) is 4.74 Å². The fourth-order valence-corrected chi connectivity index (χ4v) is 4.37. The molecule has 34 heavy (non-hydrogen) atoms. The van der Waals surface area contributed by atoms with E-state index in [0.717, 1.165) is 40.3 Å². The quantitative estimate of drug-likeness (QED) is 0.381. The van der Waals surface area contributed by atoms with Crippen molar-refractivity contribution in [3.8, 4) is 11.1 Å². The first kappa shape index (κ1) is 23.4. The van der Waals surface area contributed by atoms with E-state index in [-0.39, 0.29) is 29.3 Å². The SMILES string of the molecule is COC(=O)c1cc(N(C)C(=O)OCC2c3ccccc3-c3ccccc32)cc([B-](F)(F)F)c1C. The average molecular weight is 468 g/mol. The lowest BCUT2D eigenvalue weighted by molar-refractivity contribution is 0.0600. The van der Waals surface area contributed by atoms with Crippen molar-refractivity contribution in [2.75, 3.05) is 25.7 Å². The second-order valence-corrected chi connectivity index (χ2v) is 8.14. The monoisotopic (exact) mass is 468 g/mol. The minimum Gasteiger partial charge on any atom is -0.465 e. The number of rotatable bonds is 5. The van der Waals surface area contributed by atoms with Crippen LogP contribution < -0.4 is 10.4 Å². The number of carbonyl (C=O) groups is 2.